The highest BCUT2D eigenvalue weighted by Crippen LogP contribution is 2.44. The fraction of sp³-hybridized carbons (Fsp3) is 0.0870. The third-order valence-corrected chi connectivity index (χ3v) is 12.3. The molecule has 3 aromatic heterocycles. The third-order valence-electron chi connectivity index (χ3n) is 10.0. The summed E-state index contributed by atoms with van der Waals surface area (Å²) < 4.78 is 7.75. The van der Waals surface area contributed by atoms with Crippen molar-refractivity contribution in [3.8, 4) is 11.1 Å². The minimum atomic E-state index is -0.0232. The molecule has 0 atom stereocenters. The van der Waals surface area contributed by atoms with E-state index in [0.29, 0.717) is 0 Å². The molecule has 4 heteroatoms. The Kier molecular flexibility index (Phi) is 6.51. The van der Waals surface area contributed by atoms with Gasteiger partial charge in [0.15, 0.2) is 0 Å². The molecule has 240 valence electrons. The lowest BCUT2D eigenvalue weighted by Gasteiger charge is -2.26. The van der Waals surface area contributed by atoms with E-state index < -0.39 is 0 Å². The van der Waals surface area contributed by atoms with Crippen molar-refractivity contribution in [1.82, 2.24) is 4.57 Å². The number of aromatic nitrogens is 1. The molecule has 0 unspecified atom stereocenters. The number of hydrogen-bond donors (Lipinski definition) is 0. The van der Waals surface area contributed by atoms with Crippen molar-refractivity contribution in [2.75, 3.05) is 4.90 Å². The number of nitrogens with zero attached hydrogens (tertiary/aromatic N) is 2. The molecule has 0 fully saturated rings. The molecule has 0 radical (unpaired) electrons. The monoisotopic (exact) mass is 678 g/mol. The van der Waals surface area contributed by atoms with Crippen LogP contribution in [0.2, 0.25) is 0 Å². The second kappa shape index (κ2) is 11.0. The lowest BCUT2D eigenvalue weighted by molar-refractivity contribution is 0.423. The summed E-state index contributed by atoms with van der Waals surface area (Å²) in [7, 11) is 0. The van der Waals surface area contributed by atoms with Crippen LogP contribution in [0, 0.1) is 0 Å². The maximum absolute atomic E-state index is 2.48. The lowest BCUT2D eigenvalue weighted by Crippen LogP contribution is -2.21. The van der Waals surface area contributed by atoms with Crippen LogP contribution in [0.3, 0.4) is 0 Å². The van der Waals surface area contributed by atoms with Gasteiger partial charge in [-0.15, -0.1) is 22.7 Å². The zero-order valence-corrected chi connectivity index (χ0v) is 29.8. The van der Waals surface area contributed by atoms with E-state index in [1.54, 1.807) is 0 Å². The Morgan fingerprint density at radius 2 is 0.880 bits per heavy atom. The summed E-state index contributed by atoms with van der Waals surface area (Å²) in [6.07, 6.45) is 0. The van der Waals surface area contributed by atoms with Crippen LogP contribution >= 0.6 is 22.7 Å². The molecule has 0 aliphatic carbocycles. The van der Waals surface area contributed by atoms with Crippen LogP contribution in [0.4, 0.5) is 17.1 Å². The summed E-state index contributed by atoms with van der Waals surface area (Å²) in [5.41, 5.74) is 8.42. The number of benzene rings is 7. The van der Waals surface area contributed by atoms with Gasteiger partial charge in [0, 0.05) is 84.8 Å². The SMILES string of the molecule is CC(C)(C)n1c2ccccc2c2cc(-c3ccc(N(c4ccc5sc6ccccc6c5c4)c4ccc5sc6ccccc6c5c4)cc3)ccc21. The molecule has 7 aromatic carbocycles. The predicted molar refractivity (Wildman–Crippen MR) is 220 cm³/mol. The summed E-state index contributed by atoms with van der Waals surface area (Å²) in [5.74, 6) is 0. The van der Waals surface area contributed by atoms with Gasteiger partial charge in [0.25, 0.3) is 0 Å². The zero-order valence-electron chi connectivity index (χ0n) is 28.1. The Bertz CT molecular complexity index is 2800. The van der Waals surface area contributed by atoms with Gasteiger partial charge in [-0.3, -0.25) is 0 Å². The highest BCUT2D eigenvalue weighted by Gasteiger charge is 2.21. The van der Waals surface area contributed by atoms with E-state index in [1.165, 1.54) is 73.3 Å². The minimum Gasteiger partial charge on any atom is -0.335 e. The average molecular weight is 679 g/mol. The number of rotatable bonds is 4. The number of anilines is 3. The molecule has 0 saturated carbocycles. The Balaban J connectivity index is 1.12. The van der Waals surface area contributed by atoms with Crippen molar-refractivity contribution < 1.29 is 0 Å². The van der Waals surface area contributed by atoms with Crippen molar-refractivity contribution in [2.24, 2.45) is 0 Å². The Morgan fingerprint density at radius 1 is 0.400 bits per heavy atom. The Hall–Kier alpha value is -5.42. The van der Waals surface area contributed by atoms with Gasteiger partial charge in [0.05, 0.1) is 0 Å². The third kappa shape index (κ3) is 4.59. The molecule has 0 bridgehead atoms. The van der Waals surface area contributed by atoms with E-state index in [9.17, 15) is 0 Å². The first kappa shape index (κ1) is 29.5. The van der Waals surface area contributed by atoms with Crippen LogP contribution in [0.15, 0.2) is 152 Å². The van der Waals surface area contributed by atoms with Crippen molar-refractivity contribution in [1.29, 1.82) is 0 Å². The van der Waals surface area contributed by atoms with Crippen LogP contribution in [0.1, 0.15) is 20.8 Å². The standard InChI is InChI=1S/C46H34N2S2/c1-46(2,3)48-40-13-7-4-10-34(40)37-26-30(18-23-41(37)48)29-16-19-31(20-17-29)47(32-21-24-44-38(27-32)35-11-5-8-14-42(35)49-44)33-22-25-45-39(28-33)36-12-6-9-15-43(36)50-45/h4-28H,1-3H3. The molecule has 0 saturated heterocycles. The van der Waals surface area contributed by atoms with Gasteiger partial charge in [-0.25, -0.2) is 0 Å². The first-order chi connectivity index (χ1) is 24.4. The van der Waals surface area contributed by atoms with E-state index >= 15 is 0 Å². The fourth-order valence-electron chi connectivity index (χ4n) is 7.83. The number of para-hydroxylation sites is 1. The maximum Gasteiger partial charge on any atom is 0.0496 e. The smallest absolute Gasteiger partial charge is 0.0496 e. The van der Waals surface area contributed by atoms with Gasteiger partial charge < -0.3 is 9.47 Å². The van der Waals surface area contributed by atoms with E-state index in [-0.39, 0.29) is 5.54 Å². The molecule has 0 amide bonds. The van der Waals surface area contributed by atoms with E-state index in [0.717, 1.165) is 17.1 Å². The van der Waals surface area contributed by atoms with Crippen LogP contribution in [-0.4, -0.2) is 4.57 Å². The molecule has 2 nitrogen and oxygen atoms in total. The van der Waals surface area contributed by atoms with Crippen molar-refractivity contribution in [3.05, 3.63) is 152 Å². The van der Waals surface area contributed by atoms with Crippen molar-refractivity contribution in [3.63, 3.8) is 0 Å². The molecule has 50 heavy (non-hydrogen) atoms. The zero-order chi connectivity index (χ0) is 33.6. The van der Waals surface area contributed by atoms with E-state index in [4.69, 9.17) is 0 Å². The number of fused-ring (bicyclic) bond motifs is 9. The van der Waals surface area contributed by atoms with Crippen LogP contribution in [0.5, 0.6) is 0 Å². The molecular formula is C46H34N2S2. The molecule has 0 spiro atoms. The second-order valence-electron chi connectivity index (χ2n) is 14.2. The molecule has 10 aromatic rings. The largest absolute Gasteiger partial charge is 0.335 e. The van der Waals surface area contributed by atoms with Gasteiger partial charge >= 0.3 is 0 Å². The summed E-state index contributed by atoms with van der Waals surface area (Å²) in [5, 5.41) is 7.82. The van der Waals surface area contributed by atoms with Gasteiger partial charge in [-0.05, 0) is 111 Å². The van der Waals surface area contributed by atoms with Crippen LogP contribution < -0.4 is 4.90 Å². The molecule has 3 heterocycles. The Morgan fingerprint density at radius 3 is 1.48 bits per heavy atom. The van der Waals surface area contributed by atoms with Crippen molar-refractivity contribution in [2.45, 2.75) is 26.3 Å². The van der Waals surface area contributed by atoms with E-state index in [2.05, 4.69) is 182 Å². The predicted octanol–water partition coefficient (Wildman–Crippen LogP) is 14.4. The van der Waals surface area contributed by atoms with Gasteiger partial charge in [-0.2, -0.15) is 0 Å². The minimum absolute atomic E-state index is 0.0232. The first-order valence-electron chi connectivity index (χ1n) is 17.2. The van der Waals surface area contributed by atoms with Crippen molar-refractivity contribution >= 4 is 102 Å². The molecular weight excluding hydrogens is 645 g/mol. The summed E-state index contributed by atoms with van der Waals surface area (Å²) in [4.78, 5) is 2.42. The molecule has 10 rings (SSSR count). The lowest BCUT2D eigenvalue weighted by atomic mass is 10.0. The normalized spacial score (nSPS) is 12.3. The second-order valence-corrected chi connectivity index (χ2v) is 16.4. The molecule has 0 N–H and O–H groups in total. The van der Waals surface area contributed by atoms with Gasteiger partial charge in [0.1, 0.15) is 0 Å². The quantitative estimate of drug-likeness (QED) is 0.180. The fourth-order valence-corrected chi connectivity index (χ4v) is 10.0. The summed E-state index contributed by atoms with van der Waals surface area (Å²) in [6.45, 7) is 6.86. The van der Waals surface area contributed by atoms with E-state index in [1.807, 2.05) is 22.7 Å². The summed E-state index contributed by atoms with van der Waals surface area (Å²) >= 11 is 3.73. The van der Waals surface area contributed by atoms with Crippen LogP contribution in [0.25, 0.3) is 73.3 Å². The highest BCUT2D eigenvalue weighted by atomic mass is 32.1. The first-order valence-corrected chi connectivity index (χ1v) is 18.8. The highest BCUT2D eigenvalue weighted by molar-refractivity contribution is 7.26. The maximum atomic E-state index is 2.48. The van der Waals surface area contributed by atoms with Gasteiger partial charge in [-0.1, -0.05) is 72.8 Å². The molecule has 0 aliphatic rings. The average Bonchev–Trinajstić information content (AvgIpc) is 3.81. The number of hydrogen-bond acceptors (Lipinski definition) is 3. The van der Waals surface area contributed by atoms with Crippen LogP contribution in [-0.2, 0) is 5.54 Å². The van der Waals surface area contributed by atoms with Gasteiger partial charge in [0.2, 0.25) is 0 Å². The number of thiophene rings is 2. The molecule has 0 aliphatic heterocycles. The summed E-state index contributed by atoms with van der Waals surface area (Å²) in [6, 6.07) is 56.3. The topological polar surface area (TPSA) is 8.17 Å². The Labute approximate surface area is 299 Å².